The minimum Gasteiger partial charge on any atom is -0.311 e. The number of nitrogens with one attached hydrogen (secondary N) is 1. The molecular weight excluding hydrogens is 232 g/mol. The molecule has 82 valence electrons. The largest absolute Gasteiger partial charge is 0.311 e. The molecule has 0 fully saturated rings. The summed E-state index contributed by atoms with van der Waals surface area (Å²) in [6.07, 6.45) is 1.22. The van der Waals surface area contributed by atoms with Crippen molar-refractivity contribution >= 4 is 21.2 Å². The summed E-state index contributed by atoms with van der Waals surface area (Å²) in [5.41, 5.74) is 0.653. The van der Waals surface area contributed by atoms with Crippen molar-refractivity contribution in [1.82, 2.24) is 5.32 Å². The zero-order chi connectivity index (χ0) is 11.3. The Morgan fingerprint density at radius 2 is 2.33 bits per heavy atom. The lowest BCUT2D eigenvalue weighted by atomic mass is 10.3. The first-order valence-electron chi connectivity index (χ1n) is 4.37. The third-order valence-electron chi connectivity index (χ3n) is 1.73. The Labute approximate surface area is 93.5 Å². The molecule has 0 unspecified atom stereocenters. The Morgan fingerprint density at radius 3 is 2.87 bits per heavy atom. The molecule has 0 amide bonds. The van der Waals surface area contributed by atoms with Crippen molar-refractivity contribution in [2.24, 2.45) is 0 Å². The Bertz CT molecular complexity index is 457. The lowest BCUT2D eigenvalue weighted by molar-refractivity contribution is 0.596. The molecule has 0 spiro atoms. The fourth-order valence-electron chi connectivity index (χ4n) is 1.00. The van der Waals surface area contributed by atoms with Crippen molar-refractivity contribution < 1.29 is 8.42 Å². The van der Waals surface area contributed by atoms with Crippen molar-refractivity contribution in [2.75, 3.05) is 18.6 Å². The summed E-state index contributed by atoms with van der Waals surface area (Å²) in [6.45, 7) is 1.06. The quantitative estimate of drug-likeness (QED) is 0.776. The van der Waals surface area contributed by atoms with Crippen molar-refractivity contribution in [3.05, 3.63) is 21.9 Å². The van der Waals surface area contributed by atoms with Gasteiger partial charge in [-0.2, -0.15) is 5.26 Å². The highest BCUT2D eigenvalue weighted by Gasteiger charge is 2.02. The minimum absolute atomic E-state index is 0.142. The summed E-state index contributed by atoms with van der Waals surface area (Å²) in [5.74, 6) is 0.142. The first-order valence-corrected chi connectivity index (χ1v) is 7.31. The monoisotopic (exact) mass is 244 g/mol. The summed E-state index contributed by atoms with van der Waals surface area (Å²) < 4.78 is 21.6. The van der Waals surface area contributed by atoms with E-state index in [2.05, 4.69) is 5.32 Å². The average Bonchev–Trinajstić information content (AvgIpc) is 2.59. The number of hydrogen-bond donors (Lipinski definition) is 1. The van der Waals surface area contributed by atoms with Gasteiger partial charge in [0.25, 0.3) is 0 Å². The molecule has 6 heteroatoms. The number of nitrogens with zero attached hydrogens (tertiary/aromatic N) is 1. The first kappa shape index (κ1) is 12.2. The van der Waals surface area contributed by atoms with Gasteiger partial charge in [-0.25, -0.2) is 8.42 Å². The number of hydrogen-bond acceptors (Lipinski definition) is 5. The Balaban J connectivity index is 2.30. The van der Waals surface area contributed by atoms with E-state index in [0.29, 0.717) is 18.7 Å². The molecule has 0 bridgehead atoms. The smallest absolute Gasteiger partial charge is 0.148 e. The van der Waals surface area contributed by atoms with E-state index in [1.54, 1.807) is 11.4 Å². The van der Waals surface area contributed by atoms with Crippen molar-refractivity contribution in [1.29, 1.82) is 5.26 Å². The summed E-state index contributed by atoms with van der Waals surface area (Å²) in [6, 6.07) is 3.85. The van der Waals surface area contributed by atoms with Gasteiger partial charge in [0.05, 0.1) is 11.3 Å². The molecule has 0 aliphatic carbocycles. The number of thiophene rings is 1. The average molecular weight is 244 g/mol. The number of rotatable bonds is 5. The molecule has 1 heterocycles. The van der Waals surface area contributed by atoms with Crippen LogP contribution in [-0.2, 0) is 16.4 Å². The lowest BCUT2D eigenvalue weighted by Gasteiger charge is -2.00. The van der Waals surface area contributed by atoms with Crippen LogP contribution in [-0.4, -0.2) is 27.0 Å². The van der Waals surface area contributed by atoms with Gasteiger partial charge in [0.15, 0.2) is 0 Å². The van der Waals surface area contributed by atoms with E-state index in [9.17, 15) is 8.42 Å². The molecule has 0 aliphatic heterocycles. The van der Waals surface area contributed by atoms with E-state index in [4.69, 9.17) is 5.26 Å². The molecule has 1 aromatic rings. The summed E-state index contributed by atoms with van der Waals surface area (Å²) in [4.78, 5) is 1.04. The highest BCUT2D eigenvalue weighted by molar-refractivity contribution is 7.90. The molecule has 0 aromatic carbocycles. The van der Waals surface area contributed by atoms with Gasteiger partial charge in [-0.15, -0.1) is 11.3 Å². The lowest BCUT2D eigenvalue weighted by Crippen LogP contribution is -2.21. The van der Waals surface area contributed by atoms with Gasteiger partial charge in [-0.1, -0.05) is 0 Å². The van der Waals surface area contributed by atoms with E-state index in [-0.39, 0.29) is 5.75 Å². The van der Waals surface area contributed by atoms with Gasteiger partial charge >= 0.3 is 0 Å². The highest BCUT2D eigenvalue weighted by Crippen LogP contribution is 2.12. The van der Waals surface area contributed by atoms with Crippen LogP contribution in [0.5, 0.6) is 0 Å². The molecule has 15 heavy (non-hydrogen) atoms. The molecule has 4 nitrogen and oxygen atoms in total. The van der Waals surface area contributed by atoms with Crippen molar-refractivity contribution in [3.63, 3.8) is 0 Å². The molecule has 0 aliphatic rings. The van der Waals surface area contributed by atoms with E-state index in [0.717, 1.165) is 4.88 Å². The van der Waals surface area contributed by atoms with Crippen LogP contribution < -0.4 is 5.32 Å². The van der Waals surface area contributed by atoms with Crippen LogP contribution in [0.25, 0.3) is 0 Å². The maximum atomic E-state index is 10.8. The molecule has 1 rings (SSSR count). The third-order valence-corrected chi connectivity index (χ3v) is 3.61. The van der Waals surface area contributed by atoms with Gasteiger partial charge < -0.3 is 5.32 Å². The molecule has 0 saturated heterocycles. The van der Waals surface area contributed by atoms with Gasteiger partial charge in [-0.3, -0.25) is 0 Å². The maximum Gasteiger partial charge on any atom is 0.148 e. The van der Waals surface area contributed by atoms with Crippen LogP contribution in [0.3, 0.4) is 0 Å². The predicted octanol–water partition coefficient (Wildman–Crippen LogP) is 0.754. The topological polar surface area (TPSA) is 70.0 Å². The van der Waals surface area contributed by atoms with Gasteiger partial charge in [0.1, 0.15) is 15.9 Å². The van der Waals surface area contributed by atoms with Crippen LogP contribution in [0.1, 0.15) is 10.4 Å². The van der Waals surface area contributed by atoms with Crippen molar-refractivity contribution in [3.8, 4) is 6.07 Å². The summed E-state index contributed by atoms with van der Waals surface area (Å²) >= 11 is 1.50. The number of nitriles is 1. The Morgan fingerprint density at radius 1 is 1.60 bits per heavy atom. The van der Waals surface area contributed by atoms with Gasteiger partial charge in [-0.05, 0) is 6.07 Å². The van der Waals surface area contributed by atoms with E-state index in [1.165, 1.54) is 17.6 Å². The van der Waals surface area contributed by atoms with Crippen LogP contribution in [0, 0.1) is 11.3 Å². The summed E-state index contributed by atoms with van der Waals surface area (Å²) in [5, 5.41) is 13.4. The zero-order valence-corrected chi connectivity index (χ0v) is 9.99. The predicted molar refractivity (Wildman–Crippen MR) is 60.5 cm³/mol. The molecular formula is C9H12N2O2S2. The number of sulfone groups is 1. The first-order chi connectivity index (χ1) is 7.01. The highest BCUT2D eigenvalue weighted by atomic mass is 32.2. The zero-order valence-electron chi connectivity index (χ0n) is 8.36. The van der Waals surface area contributed by atoms with E-state index in [1.807, 2.05) is 6.07 Å². The second-order valence-corrected chi connectivity index (χ2v) is 6.48. The second kappa shape index (κ2) is 5.26. The van der Waals surface area contributed by atoms with Crippen LogP contribution in [0.4, 0.5) is 0 Å². The van der Waals surface area contributed by atoms with E-state index < -0.39 is 9.84 Å². The standard InChI is InChI=1S/C9H12N2O2S2/c1-15(12,13)3-2-11-6-9-4-8(5-10)7-14-9/h4,7,11H,2-3,6H2,1H3. The van der Waals surface area contributed by atoms with Crippen molar-refractivity contribution in [2.45, 2.75) is 6.54 Å². The molecule has 0 radical (unpaired) electrons. The molecule has 1 N–H and O–H groups in total. The van der Waals surface area contributed by atoms with Crippen LogP contribution in [0.2, 0.25) is 0 Å². The maximum absolute atomic E-state index is 10.8. The molecule has 1 aromatic heterocycles. The third kappa shape index (κ3) is 4.93. The van der Waals surface area contributed by atoms with Crippen LogP contribution in [0.15, 0.2) is 11.4 Å². The Hall–Kier alpha value is -0.900. The molecule has 0 atom stereocenters. The minimum atomic E-state index is -2.89. The molecule has 0 saturated carbocycles. The fraction of sp³-hybridized carbons (Fsp3) is 0.444. The normalized spacial score (nSPS) is 11.2. The van der Waals surface area contributed by atoms with E-state index >= 15 is 0 Å². The fourth-order valence-corrected chi connectivity index (χ4v) is 2.30. The Kier molecular flexibility index (Phi) is 4.27. The second-order valence-electron chi connectivity index (χ2n) is 3.22. The van der Waals surface area contributed by atoms with Gasteiger partial charge in [0, 0.05) is 29.6 Å². The SMILES string of the molecule is CS(=O)(=O)CCNCc1cc(C#N)cs1. The summed E-state index contributed by atoms with van der Waals surface area (Å²) in [7, 11) is -2.89. The van der Waals surface area contributed by atoms with Crippen LogP contribution >= 0.6 is 11.3 Å². The van der Waals surface area contributed by atoms with Gasteiger partial charge in [0.2, 0.25) is 0 Å².